The molecule has 0 aliphatic carbocycles. The number of halogens is 1. The Labute approximate surface area is 106 Å². The second kappa shape index (κ2) is 5.69. The molecule has 1 aliphatic rings. The van der Waals surface area contributed by atoms with Gasteiger partial charge >= 0.3 is 0 Å². The van der Waals surface area contributed by atoms with E-state index >= 15 is 0 Å². The van der Waals surface area contributed by atoms with Gasteiger partial charge in [-0.15, -0.1) is 0 Å². The van der Waals surface area contributed by atoms with E-state index in [2.05, 4.69) is 4.90 Å². The lowest BCUT2D eigenvalue weighted by Crippen LogP contribution is -2.47. The van der Waals surface area contributed by atoms with Gasteiger partial charge in [-0.1, -0.05) is 17.7 Å². The molecule has 1 aromatic carbocycles. The lowest BCUT2D eigenvalue weighted by molar-refractivity contribution is 0.0727. The monoisotopic (exact) mass is 256 g/mol. The van der Waals surface area contributed by atoms with Crippen LogP contribution < -0.4 is 10.6 Å². The first kappa shape index (κ1) is 12.6. The largest absolute Gasteiger partial charge is 0.394 e. The molecule has 3 N–H and O–H groups in total. The average Bonchev–Trinajstić information content (AvgIpc) is 2.38. The minimum absolute atomic E-state index is 0.00328. The number of nitrogens with two attached hydrogens (primary N) is 1. The van der Waals surface area contributed by atoms with Gasteiger partial charge in [-0.3, -0.25) is 0 Å². The molecule has 0 bridgehead atoms. The van der Waals surface area contributed by atoms with E-state index < -0.39 is 0 Å². The van der Waals surface area contributed by atoms with Crippen LogP contribution in [0.4, 0.5) is 5.69 Å². The average molecular weight is 257 g/mol. The summed E-state index contributed by atoms with van der Waals surface area (Å²) in [4.78, 5) is 2.12. The van der Waals surface area contributed by atoms with E-state index in [4.69, 9.17) is 22.1 Å². The Hall–Kier alpha value is -0.810. The van der Waals surface area contributed by atoms with Crippen molar-refractivity contribution in [3.8, 4) is 0 Å². The minimum Gasteiger partial charge on any atom is -0.394 e. The summed E-state index contributed by atoms with van der Waals surface area (Å²) >= 11 is 6.14. The maximum Gasteiger partial charge on any atom is 0.0755 e. The lowest BCUT2D eigenvalue weighted by atomic mass is 10.1. The summed E-state index contributed by atoms with van der Waals surface area (Å²) in [6.45, 7) is 2.50. The molecular weight excluding hydrogens is 240 g/mol. The van der Waals surface area contributed by atoms with Crippen molar-refractivity contribution in [2.24, 2.45) is 5.73 Å². The molecule has 1 fully saturated rings. The Bertz CT molecular complexity index is 387. The maximum absolute atomic E-state index is 9.32. The zero-order valence-corrected chi connectivity index (χ0v) is 10.4. The van der Waals surface area contributed by atoms with Crippen molar-refractivity contribution in [2.75, 3.05) is 31.3 Å². The van der Waals surface area contributed by atoms with Crippen molar-refractivity contribution in [2.45, 2.75) is 12.6 Å². The number of ether oxygens (including phenoxy) is 1. The van der Waals surface area contributed by atoms with Crippen LogP contribution >= 0.6 is 11.6 Å². The Balaban J connectivity index is 2.23. The van der Waals surface area contributed by atoms with Gasteiger partial charge in [0.05, 0.1) is 25.9 Å². The van der Waals surface area contributed by atoms with E-state index in [1.807, 2.05) is 18.2 Å². The van der Waals surface area contributed by atoms with E-state index in [1.54, 1.807) is 0 Å². The van der Waals surface area contributed by atoms with Crippen LogP contribution in [-0.2, 0) is 11.3 Å². The third-order valence-electron chi connectivity index (χ3n) is 3.03. The van der Waals surface area contributed by atoms with Gasteiger partial charge in [0.15, 0.2) is 0 Å². The molecule has 1 saturated heterocycles. The number of aliphatic hydroxyl groups excluding tert-OH is 1. The molecule has 1 aliphatic heterocycles. The van der Waals surface area contributed by atoms with Crippen LogP contribution in [0.25, 0.3) is 0 Å². The second-order valence-corrected chi connectivity index (χ2v) is 4.49. The van der Waals surface area contributed by atoms with Crippen LogP contribution in [0.3, 0.4) is 0 Å². The van der Waals surface area contributed by atoms with Gasteiger partial charge in [0, 0.05) is 23.8 Å². The summed E-state index contributed by atoms with van der Waals surface area (Å²) in [6, 6.07) is 5.82. The molecule has 0 saturated carbocycles. The fourth-order valence-electron chi connectivity index (χ4n) is 2.03. The van der Waals surface area contributed by atoms with Gasteiger partial charge in [0.1, 0.15) is 0 Å². The molecule has 94 valence electrons. The number of anilines is 1. The highest BCUT2D eigenvalue weighted by Gasteiger charge is 2.22. The van der Waals surface area contributed by atoms with E-state index in [0.717, 1.165) is 17.8 Å². The van der Waals surface area contributed by atoms with E-state index in [-0.39, 0.29) is 12.6 Å². The Morgan fingerprint density at radius 1 is 1.53 bits per heavy atom. The first-order valence-corrected chi connectivity index (χ1v) is 6.07. The lowest BCUT2D eigenvalue weighted by Gasteiger charge is -2.36. The third kappa shape index (κ3) is 2.72. The Morgan fingerprint density at radius 3 is 3.00 bits per heavy atom. The summed E-state index contributed by atoms with van der Waals surface area (Å²) < 4.78 is 5.35. The smallest absolute Gasteiger partial charge is 0.0755 e. The fraction of sp³-hybridized carbons (Fsp3) is 0.500. The number of morpholine rings is 1. The third-order valence-corrected chi connectivity index (χ3v) is 3.38. The van der Waals surface area contributed by atoms with Gasteiger partial charge in [-0.05, 0) is 17.7 Å². The first-order valence-electron chi connectivity index (χ1n) is 5.70. The molecule has 17 heavy (non-hydrogen) atoms. The van der Waals surface area contributed by atoms with Crippen LogP contribution in [0, 0.1) is 0 Å². The highest BCUT2D eigenvalue weighted by molar-refractivity contribution is 6.31. The molecule has 0 aromatic heterocycles. The molecule has 1 heterocycles. The standard InChI is InChI=1S/C12H17ClN2O2/c13-12-5-10(2-1-9(12)6-14)15-3-4-17-8-11(15)7-16/h1-2,5,11,16H,3-4,6-8,14H2. The number of benzene rings is 1. The zero-order valence-electron chi connectivity index (χ0n) is 9.60. The first-order chi connectivity index (χ1) is 8.26. The van der Waals surface area contributed by atoms with Crippen LogP contribution in [0.5, 0.6) is 0 Å². The van der Waals surface area contributed by atoms with Crippen molar-refractivity contribution in [3.05, 3.63) is 28.8 Å². The summed E-state index contributed by atoms with van der Waals surface area (Å²) in [5.74, 6) is 0. The van der Waals surface area contributed by atoms with Crippen LogP contribution in [0.15, 0.2) is 18.2 Å². The maximum atomic E-state index is 9.32. The molecular formula is C12H17ClN2O2. The molecule has 4 nitrogen and oxygen atoms in total. The van der Waals surface area contributed by atoms with Gasteiger partial charge in [0.25, 0.3) is 0 Å². The normalized spacial score (nSPS) is 20.6. The number of hydrogen-bond acceptors (Lipinski definition) is 4. The van der Waals surface area contributed by atoms with Gasteiger partial charge in [-0.25, -0.2) is 0 Å². The van der Waals surface area contributed by atoms with Crippen molar-refractivity contribution in [1.82, 2.24) is 0 Å². The molecule has 1 unspecified atom stereocenters. The van der Waals surface area contributed by atoms with E-state index in [9.17, 15) is 5.11 Å². The second-order valence-electron chi connectivity index (χ2n) is 4.08. The number of aliphatic hydroxyl groups is 1. The predicted octanol–water partition coefficient (Wildman–Crippen LogP) is 0.996. The van der Waals surface area contributed by atoms with Crippen molar-refractivity contribution < 1.29 is 9.84 Å². The minimum atomic E-state index is 0.00328. The summed E-state index contributed by atoms with van der Waals surface area (Å²) in [5, 5.41) is 9.99. The van der Waals surface area contributed by atoms with E-state index in [0.29, 0.717) is 24.8 Å². The molecule has 1 atom stereocenters. The molecule has 5 heteroatoms. The molecule has 0 amide bonds. The predicted molar refractivity (Wildman–Crippen MR) is 68.4 cm³/mol. The number of rotatable bonds is 3. The van der Waals surface area contributed by atoms with Gasteiger partial charge < -0.3 is 20.5 Å². The Kier molecular flexibility index (Phi) is 4.23. The molecule has 0 radical (unpaired) electrons. The van der Waals surface area contributed by atoms with Crippen molar-refractivity contribution in [3.63, 3.8) is 0 Å². The summed E-state index contributed by atoms with van der Waals surface area (Å²) in [6.07, 6.45) is 0. The van der Waals surface area contributed by atoms with Crippen LogP contribution in [0.1, 0.15) is 5.56 Å². The Morgan fingerprint density at radius 2 is 2.35 bits per heavy atom. The van der Waals surface area contributed by atoms with Gasteiger partial charge in [-0.2, -0.15) is 0 Å². The number of nitrogens with zero attached hydrogens (tertiary/aromatic N) is 1. The number of hydrogen-bond donors (Lipinski definition) is 2. The zero-order chi connectivity index (χ0) is 12.3. The van der Waals surface area contributed by atoms with Crippen molar-refractivity contribution in [1.29, 1.82) is 0 Å². The van der Waals surface area contributed by atoms with E-state index in [1.165, 1.54) is 0 Å². The highest BCUT2D eigenvalue weighted by Crippen LogP contribution is 2.26. The summed E-state index contributed by atoms with van der Waals surface area (Å²) in [7, 11) is 0. The summed E-state index contributed by atoms with van der Waals surface area (Å²) in [5.41, 5.74) is 7.52. The van der Waals surface area contributed by atoms with Crippen LogP contribution in [-0.4, -0.2) is 37.5 Å². The van der Waals surface area contributed by atoms with Gasteiger partial charge in [0.2, 0.25) is 0 Å². The van der Waals surface area contributed by atoms with Crippen molar-refractivity contribution >= 4 is 17.3 Å². The molecule has 2 rings (SSSR count). The SMILES string of the molecule is NCc1ccc(N2CCOCC2CO)cc1Cl. The van der Waals surface area contributed by atoms with Crippen LogP contribution in [0.2, 0.25) is 5.02 Å². The molecule has 0 spiro atoms. The fourth-order valence-corrected chi connectivity index (χ4v) is 2.28. The quantitative estimate of drug-likeness (QED) is 0.847. The molecule has 1 aromatic rings. The highest BCUT2D eigenvalue weighted by atomic mass is 35.5. The topological polar surface area (TPSA) is 58.7 Å².